The van der Waals surface area contributed by atoms with Gasteiger partial charge in [0.1, 0.15) is 10.6 Å². The van der Waals surface area contributed by atoms with Gasteiger partial charge in [-0.25, -0.2) is 0 Å². The summed E-state index contributed by atoms with van der Waals surface area (Å²) < 4.78 is 5.18. The first-order chi connectivity index (χ1) is 8.13. The van der Waals surface area contributed by atoms with Crippen LogP contribution in [0.2, 0.25) is 0 Å². The van der Waals surface area contributed by atoms with Crippen LogP contribution < -0.4 is 10.5 Å². The summed E-state index contributed by atoms with van der Waals surface area (Å²) in [4.78, 5) is 14.8. The second kappa shape index (κ2) is 6.41. The number of methoxy groups -OCH3 is 1. The highest BCUT2D eigenvalue weighted by molar-refractivity contribution is 7.12. The third-order valence-electron chi connectivity index (χ3n) is 3.30. The average molecular weight is 291 g/mol. The first-order valence-corrected chi connectivity index (χ1v) is 6.67. The number of carbonyl (C=O) groups is 1. The molecule has 2 heterocycles. The van der Waals surface area contributed by atoms with Gasteiger partial charge < -0.3 is 15.4 Å². The molecule has 102 valence electrons. The van der Waals surface area contributed by atoms with Crippen LogP contribution in [0.15, 0.2) is 11.4 Å². The van der Waals surface area contributed by atoms with Crippen molar-refractivity contribution in [3.8, 4) is 5.75 Å². The molecule has 2 atom stereocenters. The van der Waals surface area contributed by atoms with Gasteiger partial charge in [-0.3, -0.25) is 4.79 Å². The summed E-state index contributed by atoms with van der Waals surface area (Å²) >= 11 is 1.43. The molecule has 2 rings (SSSR count). The van der Waals surface area contributed by atoms with E-state index in [1.165, 1.54) is 11.3 Å². The maximum Gasteiger partial charge on any atom is 0.267 e. The van der Waals surface area contributed by atoms with E-state index in [-0.39, 0.29) is 24.4 Å². The number of thiophene rings is 1. The summed E-state index contributed by atoms with van der Waals surface area (Å²) in [6, 6.07) is 1.98. The molecule has 1 amide bonds. The second-order valence-electron chi connectivity index (χ2n) is 4.48. The molecule has 2 unspecified atom stereocenters. The minimum Gasteiger partial charge on any atom is -0.495 e. The van der Waals surface area contributed by atoms with Crippen LogP contribution >= 0.6 is 23.7 Å². The molecule has 1 fully saturated rings. The second-order valence-corrected chi connectivity index (χ2v) is 5.39. The summed E-state index contributed by atoms with van der Waals surface area (Å²) in [5, 5.41) is 1.88. The Morgan fingerprint density at radius 1 is 1.67 bits per heavy atom. The number of amides is 1. The lowest BCUT2D eigenvalue weighted by atomic mass is 10.0. The van der Waals surface area contributed by atoms with Gasteiger partial charge in [0.2, 0.25) is 0 Å². The Bertz CT molecular complexity index is 409. The predicted molar refractivity (Wildman–Crippen MR) is 75.8 cm³/mol. The van der Waals surface area contributed by atoms with Crippen LogP contribution in [-0.4, -0.2) is 37.0 Å². The maximum absolute atomic E-state index is 12.3. The number of hydrogen-bond acceptors (Lipinski definition) is 4. The quantitative estimate of drug-likeness (QED) is 0.926. The highest BCUT2D eigenvalue weighted by Gasteiger charge is 2.30. The molecule has 4 nitrogen and oxygen atoms in total. The number of nitrogens with zero attached hydrogens (tertiary/aromatic N) is 1. The molecule has 0 bridgehead atoms. The topological polar surface area (TPSA) is 55.6 Å². The maximum atomic E-state index is 12.3. The van der Waals surface area contributed by atoms with Crippen molar-refractivity contribution in [2.45, 2.75) is 19.4 Å². The number of halogens is 1. The molecule has 0 spiro atoms. The molecule has 2 N–H and O–H groups in total. The van der Waals surface area contributed by atoms with Crippen molar-refractivity contribution in [2.75, 3.05) is 20.2 Å². The van der Waals surface area contributed by atoms with Crippen molar-refractivity contribution in [1.82, 2.24) is 4.90 Å². The van der Waals surface area contributed by atoms with Gasteiger partial charge in [-0.2, -0.15) is 0 Å². The first-order valence-electron chi connectivity index (χ1n) is 5.79. The predicted octanol–water partition coefficient (Wildman–Crippen LogP) is 1.99. The van der Waals surface area contributed by atoms with E-state index in [4.69, 9.17) is 10.5 Å². The summed E-state index contributed by atoms with van der Waals surface area (Å²) in [5.41, 5.74) is 5.87. The molecular formula is C12H19ClN2O2S. The molecule has 0 aromatic carbocycles. The lowest BCUT2D eigenvalue weighted by Crippen LogP contribution is -2.32. The molecule has 1 aromatic rings. The molecule has 0 aliphatic carbocycles. The lowest BCUT2D eigenvalue weighted by Gasteiger charge is -2.17. The summed E-state index contributed by atoms with van der Waals surface area (Å²) in [6.45, 7) is 3.56. The Balaban J connectivity index is 0.00000162. The van der Waals surface area contributed by atoms with E-state index in [2.05, 4.69) is 0 Å². The monoisotopic (exact) mass is 290 g/mol. The molecule has 0 saturated carbocycles. The number of carbonyl (C=O) groups excluding carboxylic acids is 1. The molecule has 1 aliphatic rings. The first kappa shape index (κ1) is 15.3. The van der Waals surface area contributed by atoms with E-state index in [1.54, 1.807) is 7.11 Å². The van der Waals surface area contributed by atoms with E-state index in [0.29, 0.717) is 16.5 Å². The largest absolute Gasteiger partial charge is 0.495 e. The summed E-state index contributed by atoms with van der Waals surface area (Å²) in [6.07, 6.45) is 0.997. The zero-order valence-electron chi connectivity index (χ0n) is 10.6. The zero-order chi connectivity index (χ0) is 12.4. The summed E-state index contributed by atoms with van der Waals surface area (Å²) in [7, 11) is 1.59. The number of likely N-dealkylation sites (tertiary alicyclic amines) is 1. The molecule has 18 heavy (non-hydrogen) atoms. The van der Waals surface area contributed by atoms with E-state index in [1.807, 2.05) is 23.3 Å². The minimum absolute atomic E-state index is 0. The van der Waals surface area contributed by atoms with Crippen LogP contribution in [0.1, 0.15) is 23.0 Å². The highest BCUT2D eigenvalue weighted by Crippen LogP contribution is 2.28. The van der Waals surface area contributed by atoms with Crippen LogP contribution in [0.3, 0.4) is 0 Å². The summed E-state index contributed by atoms with van der Waals surface area (Å²) in [5.74, 6) is 1.16. The Morgan fingerprint density at radius 3 is 2.94 bits per heavy atom. The average Bonchev–Trinajstić information content (AvgIpc) is 2.96. The number of ether oxygens (including phenoxy) is 1. The normalized spacial score (nSPS) is 20.4. The van der Waals surface area contributed by atoms with Gasteiger partial charge in [-0.15, -0.1) is 23.7 Å². The van der Waals surface area contributed by atoms with Crippen molar-refractivity contribution in [3.63, 3.8) is 0 Å². The van der Waals surface area contributed by atoms with Crippen molar-refractivity contribution in [3.05, 3.63) is 16.3 Å². The Hall–Kier alpha value is -0.780. The Morgan fingerprint density at radius 2 is 2.39 bits per heavy atom. The van der Waals surface area contributed by atoms with E-state index in [9.17, 15) is 4.79 Å². The highest BCUT2D eigenvalue weighted by atomic mass is 35.5. The van der Waals surface area contributed by atoms with Crippen LogP contribution in [0.25, 0.3) is 0 Å². The molecule has 1 aromatic heterocycles. The SMILES string of the molecule is COc1ccsc1C(=O)N1CCC(C(C)N)C1.Cl. The third-order valence-corrected chi connectivity index (χ3v) is 4.18. The van der Waals surface area contributed by atoms with Gasteiger partial charge in [0.25, 0.3) is 5.91 Å². The van der Waals surface area contributed by atoms with Crippen LogP contribution in [0, 0.1) is 5.92 Å². The van der Waals surface area contributed by atoms with Crippen molar-refractivity contribution < 1.29 is 9.53 Å². The smallest absolute Gasteiger partial charge is 0.267 e. The zero-order valence-corrected chi connectivity index (χ0v) is 12.2. The van der Waals surface area contributed by atoms with E-state index < -0.39 is 0 Å². The van der Waals surface area contributed by atoms with Crippen LogP contribution in [0.4, 0.5) is 0 Å². The standard InChI is InChI=1S/C12H18N2O2S.ClH/c1-8(13)9-3-5-14(7-9)12(15)11-10(16-2)4-6-17-11;/h4,6,8-9H,3,5,7,13H2,1-2H3;1H. The van der Waals surface area contributed by atoms with Crippen molar-refractivity contribution in [2.24, 2.45) is 11.7 Å². The molecule has 1 saturated heterocycles. The molecule has 1 aliphatic heterocycles. The lowest BCUT2D eigenvalue weighted by molar-refractivity contribution is 0.0788. The minimum atomic E-state index is 0. The van der Waals surface area contributed by atoms with Gasteiger partial charge in [-0.1, -0.05) is 0 Å². The molecule has 0 radical (unpaired) electrons. The van der Waals surface area contributed by atoms with Crippen molar-refractivity contribution in [1.29, 1.82) is 0 Å². The molecular weight excluding hydrogens is 272 g/mol. The van der Waals surface area contributed by atoms with Gasteiger partial charge in [0.15, 0.2) is 0 Å². The van der Waals surface area contributed by atoms with Gasteiger partial charge in [0, 0.05) is 19.1 Å². The van der Waals surface area contributed by atoms with E-state index in [0.717, 1.165) is 19.5 Å². The number of hydrogen-bond donors (Lipinski definition) is 1. The number of nitrogens with two attached hydrogens (primary N) is 1. The van der Waals surface area contributed by atoms with Gasteiger partial charge in [-0.05, 0) is 30.7 Å². The fourth-order valence-corrected chi connectivity index (χ4v) is 2.98. The van der Waals surface area contributed by atoms with Crippen molar-refractivity contribution >= 4 is 29.7 Å². The van der Waals surface area contributed by atoms with Crippen LogP contribution in [0.5, 0.6) is 5.75 Å². The fourth-order valence-electron chi connectivity index (χ4n) is 2.16. The Labute approximate surface area is 118 Å². The number of rotatable bonds is 3. The van der Waals surface area contributed by atoms with Gasteiger partial charge in [0.05, 0.1) is 7.11 Å². The van der Waals surface area contributed by atoms with Gasteiger partial charge >= 0.3 is 0 Å². The van der Waals surface area contributed by atoms with Crippen LogP contribution in [-0.2, 0) is 0 Å². The Kier molecular flexibility index (Phi) is 5.44. The third kappa shape index (κ3) is 2.96. The molecule has 6 heteroatoms. The fraction of sp³-hybridized carbons (Fsp3) is 0.583. The van der Waals surface area contributed by atoms with E-state index >= 15 is 0 Å².